The average Bonchev–Trinajstić information content (AvgIpc) is 2.27. The molecule has 0 heterocycles. The number of hydrogen-bond acceptors (Lipinski definition) is 3. The van der Waals surface area contributed by atoms with Crippen molar-refractivity contribution in [3.63, 3.8) is 0 Å². The van der Waals surface area contributed by atoms with Gasteiger partial charge in [0.2, 0.25) is 11.7 Å². The largest absolute Gasteiger partial charge is 0.495 e. The lowest BCUT2D eigenvalue weighted by atomic mass is 10.2. The Kier molecular flexibility index (Phi) is 4.52. The lowest BCUT2D eigenvalue weighted by Crippen LogP contribution is -2.28. The second-order valence-corrected chi connectivity index (χ2v) is 3.85. The molecule has 0 aromatic heterocycles. The fourth-order valence-corrected chi connectivity index (χ4v) is 1.36. The number of benzene rings is 1. The van der Waals surface area contributed by atoms with E-state index in [2.05, 4.69) is 5.32 Å². The monoisotopic (exact) mass is 275 g/mol. The highest BCUT2D eigenvalue weighted by Crippen LogP contribution is 2.25. The summed E-state index contributed by atoms with van der Waals surface area (Å²) in [6.07, 6.45) is -6.26. The van der Waals surface area contributed by atoms with Crippen LogP contribution in [0.4, 0.5) is 18.9 Å². The van der Waals surface area contributed by atoms with Crippen LogP contribution in [0, 0.1) is 6.92 Å². The number of amides is 1. The van der Waals surface area contributed by atoms with Gasteiger partial charge in [0.25, 0.3) is 0 Å². The average molecular weight is 275 g/mol. The van der Waals surface area contributed by atoms with Crippen LogP contribution in [-0.2, 0) is 9.59 Å². The number of alkyl halides is 3. The minimum absolute atomic E-state index is 0.225. The molecule has 0 bridgehead atoms. The van der Waals surface area contributed by atoms with Gasteiger partial charge in [0.05, 0.1) is 19.2 Å². The normalized spacial score (nSPS) is 11.0. The Labute approximate surface area is 107 Å². The number of carbonyl (C=O) groups is 2. The summed E-state index contributed by atoms with van der Waals surface area (Å²) in [6.45, 7) is 1.75. The first kappa shape index (κ1) is 15.0. The van der Waals surface area contributed by atoms with Crippen molar-refractivity contribution in [1.82, 2.24) is 0 Å². The van der Waals surface area contributed by atoms with Crippen molar-refractivity contribution in [1.29, 1.82) is 0 Å². The molecule has 104 valence electrons. The Balaban J connectivity index is 2.77. The number of Topliss-reactive ketones (excluding diaryl/α,β-unsaturated/α-hetero) is 1. The first-order valence-corrected chi connectivity index (χ1v) is 5.28. The molecule has 0 radical (unpaired) electrons. The number of rotatable bonds is 4. The van der Waals surface area contributed by atoms with E-state index in [1.165, 1.54) is 13.2 Å². The molecule has 0 aliphatic carbocycles. The Morgan fingerprint density at radius 3 is 2.47 bits per heavy atom. The molecule has 0 fully saturated rings. The zero-order valence-electron chi connectivity index (χ0n) is 10.3. The number of nitrogens with one attached hydrogen (secondary N) is 1. The van der Waals surface area contributed by atoms with Crippen LogP contribution in [-0.4, -0.2) is 25.0 Å². The number of ketones is 1. The van der Waals surface area contributed by atoms with Crippen LogP contribution in [0.2, 0.25) is 0 Å². The van der Waals surface area contributed by atoms with Gasteiger partial charge in [-0.05, 0) is 24.6 Å². The van der Waals surface area contributed by atoms with E-state index in [-0.39, 0.29) is 5.69 Å². The van der Waals surface area contributed by atoms with Crippen LogP contribution in [0.3, 0.4) is 0 Å². The summed E-state index contributed by atoms with van der Waals surface area (Å²) in [6, 6.07) is 4.82. The zero-order chi connectivity index (χ0) is 14.6. The summed E-state index contributed by atoms with van der Waals surface area (Å²) in [7, 11) is 1.36. The quantitative estimate of drug-likeness (QED) is 0.859. The molecular formula is C12H12F3NO3. The van der Waals surface area contributed by atoms with Gasteiger partial charge in [-0.1, -0.05) is 6.07 Å². The second-order valence-electron chi connectivity index (χ2n) is 3.85. The van der Waals surface area contributed by atoms with E-state index in [1.54, 1.807) is 19.1 Å². The van der Waals surface area contributed by atoms with E-state index < -0.39 is 24.3 Å². The van der Waals surface area contributed by atoms with Crippen LogP contribution in [0.1, 0.15) is 12.0 Å². The van der Waals surface area contributed by atoms with Gasteiger partial charge in [0.15, 0.2) is 0 Å². The van der Waals surface area contributed by atoms with E-state index in [0.717, 1.165) is 5.56 Å². The number of hydrogen-bond donors (Lipinski definition) is 1. The van der Waals surface area contributed by atoms with Crippen molar-refractivity contribution in [2.75, 3.05) is 12.4 Å². The van der Waals surface area contributed by atoms with Crippen molar-refractivity contribution in [3.8, 4) is 5.75 Å². The Bertz CT molecular complexity index is 497. The SMILES string of the molecule is COc1ccc(C)cc1NC(=O)CC(=O)C(F)(F)F. The molecule has 4 nitrogen and oxygen atoms in total. The predicted molar refractivity (Wildman–Crippen MR) is 62.0 cm³/mol. The number of anilines is 1. The summed E-state index contributed by atoms with van der Waals surface area (Å²) < 4.78 is 41.0. The summed E-state index contributed by atoms with van der Waals surface area (Å²) in [5.41, 5.74) is 1.01. The molecule has 0 saturated carbocycles. The molecular weight excluding hydrogens is 263 g/mol. The van der Waals surface area contributed by atoms with Gasteiger partial charge >= 0.3 is 6.18 Å². The van der Waals surface area contributed by atoms with Gasteiger partial charge in [-0.25, -0.2) is 0 Å². The number of methoxy groups -OCH3 is 1. The number of ether oxygens (including phenoxy) is 1. The Hall–Kier alpha value is -2.05. The minimum Gasteiger partial charge on any atom is -0.495 e. The molecule has 19 heavy (non-hydrogen) atoms. The van der Waals surface area contributed by atoms with Crippen LogP contribution in [0.25, 0.3) is 0 Å². The summed E-state index contributed by atoms with van der Waals surface area (Å²) in [5, 5.41) is 2.22. The lowest BCUT2D eigenvalue weighted by molar-refractivity contribution is -0.171. The highest BCUT2D eigenvalue weighted by atomic mass is 19.4. The third-order valence-electron chi connectivity index (χ3n) is 2.27. The summed E-state index contributed by atoms with van der Waals surface area (Å²) in [5.74, 6) is -2.82. The Morgan fingerprint density at radius 1 is 1.32 bits per heavy atom. The highest BCUT2D eigenvalue weighted by molar-refractivity contribution is 6.06. The van der Waals surface area contributed by atoms with Crippen LogP contribution < -0.4 is 10.1 Å². The molecule has 0 saturated heterocycles. The molecule has 1 amide bonds. The molecule has 1 aromatic rings. The standard InChI is InChI=1S/C12H12F3NO3/c1-7-3-4-9(19-2)8(5-7)16-11(18)6-10(17)12(13,14)15/h3-5H,6H2,1-2H3,(H,16,18). The fraction of sp³-hybridized carbons (Fsp3) is 0.333. The fourth-order valence-electron chi connectivity index (χ4n) is 1.36. The van der Waals surface area contributed by atoms with Crippen LogP contribution >= 0.6 is 0 Å². The van der Waals surface area contributed by atoms with Crippen LogP contribution in [0.5, 0.6) is 5.75 Å². The maximum absolute atomic E-state index is 12.0. The summed E-state index contributed by atoms with van der Waals surface area (Å²) in [4.78, 5) is 22.0. The first-order valence-electron chi connectivity index (χ1n) is 5.28. The van der Waals surface area contributed by atoms with Gasteiger partial charge in [0.1, 0.15) is 5.75 Å². The van der Waals surface area contributed by atoms with Gasteiger partial charge in [0, 0.05) is 0 Å². The molecule has 0 aliphatic heterocycles. The smallest absolute Gasteiger partial charge is 0.450 e. The van der Waals surface area contributed by atoms with Crippen molar-refractivity contribution in [3.05, 3.63) is 23.8 Å². The number of carbonyl (C=O) groups excluding carboxylic acids is 2. The predicted octanol–water partition coefficient (Wildman–Crippen LogP) is 2.46. The van der Waals surface area contributed by atoms with E-state index >= 15 is 0 Å². The van der Waals surface area contributed by atoms with Crippen molar-refractivity contribution in [2.45, 2.75) is 19.5 Å². The first-order chi connectivity index (χ1) is 8.74. The highest BCUT2D eigenvalue weighted by Gasteiger charge is 2.39. The summed E-state index contributed by atoms with van der Waals surface area (Å²) >= 11 is 0. The van der Waals surface area contributed by atoms with Gasteiger partial charge in [-0.3, -0.25) is 9.59 Å². The number of halogens is 3. The molecule has 0 atom stereocenters. The maximum atomic E-state index is 12.0. The maximum Gasteiger partial charge on any atom is 0.450 e. The topological polar surface area (TPSA) is 55.4 Å². The van der Waals surface area contributed by atoms with Crippen molar-refractivity contribution >= 4 is 17.4 Å². The van der Waals surface area contributed by atoms with Crippen molar-refractivity contribution < 1.29 is 27.5 Å². The van der Waals surface area contributed by atoms with E-state index in [0.29, 0.717) is 5.75 Å². The second kappa shape index (κ2) is 5.73. The Morgan fingerprint density at radius 2 is 1.95 bits per heavy atom. The van der Waals surface area contributed by atoms with E-state index in [4.69, 9.17) is 4.74 Å². The molecule has 0 unspecified atom stereocenters. The van der Waals surface area contributed by atoms with E-state index in [9.17, 15) is 22.8 Å². The zero-order valence-corrected chi connectivity index (χ0v) is 10.3. The molecule has 1 rings (SSSR count). The van der Waals surface area contributed by atoms with Gasteiger partial charge in [-0.15, -0.1) is 0 Å². The third-order valence-corrected chi connectivity index (χ3v) is 2.27. The van der Waals surface area contributed by atoms with Gasteiger partial charge in [-0.2, -0.15) is 13.2 Å². The third kappa shape index (κ3) is 4.27. The van der Waals surface area contributed by atoms with E-state index in [1.807, 2.05) is 0 Å². The molecule has 0 aliphatic rings. The molecule has 1 aromatic carbocycles. The lowest BCUT2D eigenvalue weighted by Gasteiger charge is -2.11. The molecule has 1 N–H and O–H groups in total. The van der Waals surface area contributed by atoms with Crippen molar-refractivity contribution in [2.24, 2.45) is 0 Å². The number of aryl methyl sites for hydroxylation is 1. The molecule has 7 heteroatoms. The van der Waals surface area contributed by atoms with Gasteiger partial charge < -0.3 is 10.1 Å². The minimum atomic E-state index is -5.01. The molecule has 0 spiro atoms. The van der Waals surface area contributed by atoms with Crippen LogP contribution in [0.15, 0.2) is 18.2 Å².